The van der Waals surface area contributed by atoms with Crippen molar-refractivity contribution in [3.63, 3.8) is 0 Å². The fourth-order valence-corrected chi connectivity index (χ4v) is 1.48. The number of hydrogen-bond donors (Lipinski definition) is 1. The second-order valence-corrected chi connectivity index (χ2v) is 5.49. The van der Waals surface area contributed by atoms with Gasteiger partial charge in [0.2, 0.25) is 5.91 Å². The molecule has 5 nitrogen and oxygen atoms in total. The molecule has 0 atom stereocenters. The fraction of sp³-hybridized carbons (Fsp3) is 0.417. The summed E-state index contributed by atoms with van der Waals surface area (Å²) in [6.07, 6.45) is 0. The first-order valence-electron chi connectivity index (χ1n) is 5.39. The molecule has 0 saturated heterocycles. The molecule has 0 radical (unpaired) electrons. The van der Waals surface area contributed by atoms with Crippen LogP contribution in [0.2, 0.25) is 5.02 Å². The zero-order chi connectivity index (χ0) is 14.1. The Labute approximate surface area is 110 Å². The van der Waals surface area contributed by atoms with Crippen LogP contribution in [0.3, 0.4) is 0 Å². The Morgan fingerprint density at radius 1 is 1.39 bits per heavy atom. The van der Waals surface area contributed by atoms with E-state index in [0.717, 1.165) is 0 Å². The van der Waals surface area contributed by atoms with Crippen LogP contribution in [-0.4, -0.2) is 10.8 Å². The van der Waals surface area contributed by atoms with Crippen LogP contribution < -0.4 is 5.32 Å². The molecule has 1 aromatic carbocycles. The maximum absolute atomic E-state index is 11.8. The molecule has 98 valence electrons. The van der Waals surface area contributed by atoms with E-state index in [4.69, 9.17) is 11.6 Å². The highest BCUT2D eigenvalue weighted by Crippen LogP contribution is 2.31. The molecule has 6 heteroatoms. The summed E-state index contributed by atoms with van der Waals surface area (Å²) in [5.74, 6) is -0.171. The molecular formula is C12H15ClN2O3. The average molecular weight is 271 g/mol. The number of benzene rings is 1. The van der Waals surface area contributed by atoms with Crippen molar-refractivity contribution in [3.05, 3.63) is 32.8 Å². The van der Waals surface area contributed by atoms with Crippen molar-refractivity contribution in [1.82, 2.24) is 0 Å². The van der Waals surface area contributed by atoms with E-state index in [2.05, 4.69) is 5.32 Å². The number of nitrogens with zero attached hydrogens (tertiary/aromatic N) is 1. The van der Waals surface area contributed by atoms with E-state index >= 15 is 0 Å². The smallest absolute Gasteiger partial charge is 0.288 e. The molecule has 1 rings (SSSR count). The van der Waals surface area contributed by atoms with Gasteiger partial charge in [-0.15, -0.1) is 0 Å². The van der Waals surface area contributed by atoms with Crippen molar-refractivity contribution >= 4 is 28.9 Å². The number of hydrogen-bond acceptors (Lipinski definition) is 3. The summed E-state index contributed by atoms with van der Waals surface area (Å²) in [7, 11) is 0. The van der Waals surface area contributed by atoms with Gasteiger partial charge in [-0.3, -0.25) is 14.9 Å². The van der Waals surface area contributed by atoms with Crippen LogP contribution in [0.5, 0.6) is 0 Å². The number of anilines is 1. The van der Waals surface area contributed by atoms with Gasteiger partial charge in [-0.25, -0.2) is 0 Å². The molecular weight excluding hydrogens is 256 g/mol. The molecule has 0 aromatic heterocycles. The molecule has 1 amide bonds. The van der Waals surface area contributed by atoms with E-state index in [0.29, 0.717) is 11.3 Å². The lowest BCUT2D eigenvalue weighted by Gasteiger charge is -2.18. The van der Waals surface area contributed by atoms with Gasteiger partial charge in [-0.2, -0.15) is 0 Å². The number of aryl methyl sites for hydroxylation is 1. The molecule has 0 aliphatic rings. The number of carbonyl (C=O) groups excluding carboxylic acids is 1. The number of halogens is 1. The van der Waals surface area contributed by atoms with Crippen LogP contribution in [0, 0.1) is 22.5 Å². The van der Waals surface area contributed by atoms with E-state index in [1.165, 1.54) is 12.1 Å². The minimum Gasteiger partial charge on any atom is -0.325 e. The normalized spacial score (nSPS) is 11.2. The molecule has 0 fully saturated rings. The lowest BCUT2D eigenvalue weighted by Crippen LogP contribution is -2.27. The van der Waals surface area contributed by atoms with Gasteiger partial charge in [0, 0.05) is 17.2 Å². The van der Waals surface area contributed by atoms with Crippen LogP contribution in [0.1, 0.15) is 26.3 Å². The molecule has 0 aliphatic carbocycles. The van der Waals surface area contributed by atoms with Crippen molar-refractivity contribution in [3.8, 4) is 0 Å². The summed E-state index contributed by atoms with van der Waals surface area (Å²) in [4.78, 5) is 22.0. The van der Waals surface area contributed by atoms with Crippen LogP contribution in [-0.2, 0) is 4.79 Å². The second kappa shape index (κ2) is 4.94. The van der Waals surface area contributed by atoms with Gasteiger partial charge in [0.05, 0.1) is 4.92 Å². The van der Waals surface area contributed by atoms with Gasteiger partial charge < -0.3 is 5.32 Å². The number of nitrogens with one attached hydrogen (secondary N) is 1. The first kappa shape index (κ1) is 14.4. The van der Waals surface area contributed by atoms with Crippen LogP contribution >= 0.6 is 11.6 Å². The maximum Gasteiger partial charge on any atom is 0.288 e. The lowest BCUT2D eigenvalue weighted by atomic mass is 9.95. The minimum atomic E-state index is -0.551. The van der Waals surface area contributed by atoms with Crippen molar-refractivity contribution in [2.24, 2.45) is 5.41 Å². The van der Waals surface area contributed by atoms with E-state index in [9.17, 15) is 14.9 Å². The topological polar surface area (TPSA) is 72.2 Å². The highest BCUT2D eigenvalue weighted by atomic mass is 35.5. The zero-order valence-electron chi connectivity index (χ0n) is 10.7. The Kier molecular flexibility index (Phi) is 3.96. The Hall–Kier alpha value is -1.62. The third-order valence-electron chi connectivity index (χ3n) is 2.42. The summed E-state index contributed by atoms with van der Waals surface area (Å²) in [6.45, 7) is 7.03. The standard InChI is InChI=1S/C12H15ClN2O3/c1-7-5-10(15(17)18)8(13)6-9(7)14-11(16)12(2,3)4/h5-6H,1-4H3,(H,14,16). The summed E-state index contributed by atoms with van der Waals surface area (Å²) in [6, 6.07) is 2.75. The fourth-order valence-electron chi connectivity index (χ4n) is 1.25. The van der Waals surface area contributed by atoms with Crippen molar-refractivity contribution in [2.45, 2.75) is 27.7 Å². The highest BCUT2D eigenvalue weighted by Gasteiger charge is 2.23. The number of amides is 1. The van der Waals surface area contributed by atoms with Gasteiger partial charge in [-0.1, -0.05) is 32.4 Å². The van der Waals surface area contributed by atoms with Gasteiger partial charge in [-0.05, 0) is 18.6 Å². The van der Waals surface area contributed by atoms with Crippen LogP contribution in [0.15, 0.2) is 12.1 Å². The summed E-state index contributed by atoms with van der Waals surface area (Å²) >= 11 is 5.80. The summed E-state index contributed by atoms with van der Waals surface area (Å²) in [5, 5.41) is 13.4. The molecule has 1 aromatic rings. The Balaban J connectivity index is 3.10. The molecule has 0 aliphatic heterocycles. The Morgan fingerprint density at radius 3 is 2.39 bits per heavy atom. The number of rotatable bonds is 2. The first-order valence-corrected chi connectivity index (χ1v) is 5.76. The third kappa shape index (κ3) is 3.20. The Bertz CT molecular complexity index is 507. The molecule has 0 saturated carbocycles. The predicted octanol–water partition coefficient (Wildman–Crippen LogP) is 3.54. The van der Waals surface area contributed by atoms with Gasteiger partial charge in [0.25, 0.3) is 5.69 Å². The minimum absolute atomic E-state index is 0.00908. The molecule has 18 heavy (non-hydrogen) atoms. The molecule has 1 N–H and O–H groups in total. The summed E-state index contributed by atoms with van der Waals surface area (Å²) in [5.41, 5.74) is 0.387. The van der Waals surface area contributed by atoms with Crippen LogP contribution in [0.25, 0.3) is 0 Å². The second-order valence-electron chi connectivity index (χ2n) is 5.08. The van der Waals surface area contributed by atoms with Crippen molar-refractivity contribution < 1.29 is 9.72 Å². The van der Waals surface area contributed by atoms with E-state index in [1.54, 1.807) is 27.7 Å². The first-order chi connectivity index (χ1) is 8.12. The van der Waals surface area contributed by atoms with E-state index in [1.807, 2.05) is 0 Å². The van der Waals surface area contributed by atoms with Crippen molar-refractivity contribution in [2.75, 3.05) is 5.32 Å². The number of nitro benzene ring substituents is 1. The quantitative estimate of drug-likeness (QED) is 0.660. The monoisotopic (exact) mass is 270 g/mol. The van der Waals surface area contributed by atoms with Crippen LogP contribution in [0.4, 0.5) is 11.4 Å². The van der Waals surface area contributed by atoms with E-state index < -0.39 is 10.3 Å². The lowest BCUT2D eigenvalue weighted by molar-refractivity contribution is -0.384. The molecule has 0 spiro atoms. The maximum atomic E-state index is 11.8. The molecule has 0 heterocycles. The summed E-state index contributed by atoms with van der Waals surface area (Å²) < 4.78 is 0. The average Bonchev–Trinajstić information content (AvgIpc) is 2.21. The number of carbonyl (C=O) groups is 1. The Morgan fingerprint density at radius 2 is 1.94 bits per heavy atom. The zero-order valence-corrected chi connectivity index (χ0v) is 11.5. The van der Waals surface area contributed by atoms with Gasteiger partial charge >= 0.3 is 0 Å². The van der Waals surface area contributed by atoms with Gasteiger partial charge in [0.1, 0.15) is 5.02 Å². The van der Waals surface area contributed by atoms with Gasteiger partial charge in [0.15, 0.2) is 0 Å². The molecule has 0 unspecified atom stereocenters. The third-order valence-corrected chi connectivity index (χ3v) is 2.72. The largest absolute Gasteiger partial charge is 0.325 e. The predicted molar refractivity (Wildman–Crippen MR) is 70.9 cm³/mol. The van der Waals surface area contributed by atoms with E-state index in [-0.39, 0.29) is 16.6 Å². The highest BCUT2D eigenvalue weighted by molar-refractivity contribution is 6.33. The SMILES string of the molecule is Cc1cc([N+](=O)[O-])c(Cl)cc1NC(=O)C(C)(C)C. The van der Waals surface area contributed by atoms with Crippen molar-refractivity contribution in [1.29, 1.82) is 0 Å². The number of nitro groups is 1. The molecule has 0 bridgehead atoms.